The van der Waals surface area contributed by atoms with Crippen molar-refractivity contribution < 1.29 is 18.8 Å². The molecule has 2 fully saturated rings. The molecule has 4 atom stereocenters. The number of likely N-dealkylation sites (tertiary alicyclic amines) is 1. The topological polar surface area (TPSA) is 75.9 Å². The van der Waals surface area contributed by atoms with Gasteiger partial charge in [-0.2, -0.15) is 0 Å². The van der Waals surface area contributed by atoms with Crippen LogP contribution in [0, 0.1) is 25.7 Å². The summed E-state index contributed by atoms with van der Waals surface area (Å²) in [7, 11) is 1.72. The lowest BCUT2D eigenvalue weighted by atomic mass is 9.76. The van der Waals surface area contributed by atoms with E-state index in [9.17, 15) is 9.59 Å². The Morgan fingerprint density at radius 1 is 1.33 bits per heavy atom. The largest absolute Gasteiger partial charge is 0.360 e. The van der Waals surface area contributed by atoms with E-state index in [2.05, 4.69) is 37.2 Å². The monoisotopic (exact) mass is 407 g/mol. The van der Waals surface area contributed by atoms with E-state index < -0.39 is 17.4 Å². The zero-order valence-corrected chi connectivity index (χ0v) is 17.4. The molecule has 0 N–H and O–H groups in total. The van der Waals surface area contributed by atoms with Crippen molar-refractivity contribution in [1.29, 1.82) is 0 Å². The van der Waals surface area contributed by atoms with E-state index in [1.165, 1.54) is 5.56 Å². The molecule has 2 saturated heterocycles. The van der Waals surface area contributed by atoms with Crippen molar-refractivity contribution in [2.24, 2.45) is 11.8 Å². The molecule has 2 bridgehead atoms. The quantitative estimate of drug-likeness (QED) is 0.711. The molecular weight excluding hydrogens is 382 g/mol. The average Bonchev–Trinajstić information content (AvgIpc) is 3.47. The summed E-state index contributed by atoms with van der Waals surface area (Å²) in [4.78, 5) is 30.2. The van der Waals surface area contributed by atoms with Crippen molar-refractivity contribution in [3.05, 3.63) is 65.1 Å². The summed E-state index contributed by atoms with van der Waals surface area (Å²) in [5, 5.41) is 3.69. The molecule has 5 rings (SSSR count). The summed E-state index contributed by atoms with van der Waals surface area (Å²) < 4.78 is 11.4. The number of amides is 2. The molecular formula is C23H25N3O4. The molecule has 1 spiro atoms. The van der Waals surface area contributed by atoms with Gasteiger partial charge in [0.2, 0.25) is 11.8 Å². The van der Waals surface area contributed by atoms with Gasteiger partial charge in [-0.25, -0.2) is 0 Å². The molecule has 1 aromatic carbocycles. The van der Waals surface area contributed by atoms with Crippen LogP contribution >= 0.6 is 0 Å². The SMILES string of the molecule is Cc1ccc(C)c(CN2C[C@@]34C=C[C@@H](O3)C(C(=O)N(C)Cc3ccno3)C4C2=O)c1. The first-order valence-electron chi connectivity index (χ1n) is 10.2. The number of hydrogen-bond donors (Lipinski definition) is 0. The maximum Gasteiger partial charge on any atom is 0.230 e. The number of hydrogen-bond acceptors (Lipinski definition) is 5. The van der Waals surface area contributed by atoms with Crippen LogP contribution in [0.15, 0.2) is 47.1 Å². The molecule has 1 aromatic heterocycles. The third-order valence-corrected chi connectivity index (χ3v) is 6.59. The Labute approximate surface area is 175 Å². The molecule has 0 radical (unpaired) electrons. The van der Waals surface area contributed by atoms with E-state index in [4.69, 9.17) is 9.26 Å². The molecule has 156 valence electrons. The fourth-order valence-electron chi connectivity index (χ4n) is 5.06. The van der Waals surface area contributed by atoms with Crippen molar-refractivity contribution in [2.75, 3.05) is 13.6 Å². The number of carbonyl (C=O) groups excluding carboxylic acids is 2. The Morgan fingerprint density at radius 2 is 2.17 bits per heavy atom. The van der Waals surface area contributed by atoms with Gasteiger partial charge in [-0.1, -0.05) is 41.1 Å². The van der Waals surface area contributed by atoms with Crippen LogP contribution in [-0.2, 0) is 27.4 Å². The summed E-state index contributed by atoms with van der Waals surface area (Å²) in [5.74, 6) is -0.500. The number of ether oxygens (including phenoxy) is 1. The number of nitrogens with zero attached hydrogens (tertiary/aromatic N) is 3. The highest BCUT2D eigenvalue weighted by atomic mass is 16.5. The molecule has 2 amide bonds. The summed E-state index contributed by atoms with van der Waals surface area (Å²) in [6.07, 6.45) is 5.13. The maximum atomic E-state index is 13.4. The number of fused-ring (bicyclic) bond motifs is 1. The summed E-state index contributed by atoms with van der Waals surface area (Å²) >= 11 is 0. The predicted octanol–water partition coefficient (Wildman–Crippen LogP) is 2.23. The third-order valence-electron chi connectivity index (χ3n) is 6.59. The zero-order chi connectivity index (χ0) is 21.0. The van der Waals surface area contributed by atoms with Crippen molar-refractivity contribution in [2.45, 2.75) is 38.6 Å². The Bertz CT molecular complexity index is 1030. The van der Waals surface area contributed by atoms with Gasteiger partial charge in [0, 0.05) is 19.7 Å². The van der Waals surface area contributed by atoms with E-state index in [0.29, 0.717) is 25.4 Å². The first kappa shape index (κ1) is 19.1. The molecule has 2 aromatic rings. The van der Waals surface area contributed by atoms with Crippen molar-refractivity contribution in [3.63, 3.8) is 0 Å². The second kappa shape index (κ2) is 6.80. The molecule has 7 heteroatoms. The number of aromatic nitrogens is 1. The Morgan fingerprint density at radius 3 is 2.93 bits per heavy atom. The minimum absolute atomic E-state index is 0.00540. The number of benzene rings is 1. The highest BCUT2D eigenvalue weighted by Gasteiger charge is 2.67. The van der Waals surface area contributed by atoms with Gasteiger partial charge in [-0.05, 0) is 25.0 Å². The Hall–Kier alpha value is -2.93. The second-order valence-electron chi connectivity index (χ2n) is 8.70. The van der Waals surface area contributed by atoms with Crippen molar-refractivity contribution in [1.82, 2.24) is 15.0 Å². The van der Waals surface area contributed by atoms with Crippen LogP contribution in [0.3, 0.4) is 0 Å². The molecule has 3 aliphatic heterocycles. The van der Waals surface area contributed by atoms with Gasteiger partial charge < -0.3 is 19.1 Å². The molecule has 0 saturated carbocycles. The van der Waals surface area contributed by atoms with Gasteiger partial charge in [0.1, 0.15) is 5.60 Å². The van der Waals surface area contributed by atoms with Gasteiger partial charge >= 0.3 is 0 Å². The van der Waals surface area contributed by atoms with Crippen molar-refractivity contribution in [3.8, 4) is 0 Å². The van der Waals surface area contributed by atoms with Gasteiger partial charge in [-0.3, -0.25) is 9.59 Å². The van der Waals surface area contributed by atoms with Crippen LogP contribution < -0.4 is 0 Å². The molecule has 7 nitrogen and oxygen atoms in total. The standard InChI is InChI=1S/C23H25N3O4/c1-14-4-5-15(2)16(10-14)11-26-13-23-8-6-18(29-23)19(20(23)22(26)28)21(27)25(3)12-17-7-9-24-30-17/h4-10,18-20H,11-13H2,1-3H3/t18-,19?,20?,23-/m1/s1. The average molecular weight is 407 g/mol. The van der Waals surface area contributed by atoms with Crippen LogP contribution in [0.5, 0.6) is 0 Å². The zero-order valence-electron chi connectivity index (χ0n) is 17.4. The summed E-state index contributed by atoms with van der Waals surface area (Å²) in [6.45, 7) is 5.43. The lowest BCUT2D eigenvalue weighted by Gasteiger charge is -2.27. The highest BCUT2D eigenvalue weighted by Crippen LogP contribution is 2.52. The fourth-order valence-corrected chi connectivity index (χ4v) is 5.06. The van der Waals surface area contributed by atoms with Crippen LogP contribution in [-0.4, -0.2) is 52.1 Å². The van der Waals surface area contributed by atoms with Crippen molar-refractivity contribution >= 4 is 11.8 Å². The van der Waals surface area contributed by atoms with Crippen LogP contribution in [0.1, 0.15) is 22.5 Å². The number of rotatable bonds is 5. The Kier molecular flexibility index (Phi) is 4.32. The smallest absolute Gasteiger partial charge is 0.230 e. The van der Waals surface area contributed by atoms with E-state index in [1.807, 2.05) is 17.1 Å². The molecule has 4 heterocycles. The van der Waals surface area contributed by atoms with Gasteiger partial charge in [0.15, 0.2) is 5.76 Å². The molecule has 0 aliphatic carbocycles. The first-order valence-corrected chi connectivity index (χ1v) is 10.2. The predicted molar refractivity (Wildman–Crippen MR) is 108 cm³/mol. The lowest BCUT2D eigenvalue weighted by Crippen LogP contribution is -2.44. The molecule has 3 aliphatic rings. The summed E-state index contributed by atoms with van der Waals surface area (Å²) in [5.41, 5.74) is 2.75. The Balaban J connectivity index is 1.38. The first-order chi connectivity index (χ1) is 14.4. The van der Waals surface area contributed by atoms with Gasteiger partial charge in [0.25, 0.3) is 0 Å². The minimum Gasteiger partial charge on any atom is -0.360 e. The van der Waals surface area contributed by atoms with E-state index in [1.54, 1.807) is 24.2 Å². The highest BCUT2D eigenvalue weighted by molar-refractivity contribution is 5.93. The minimum atomic E-state index is -0.702. The molecule has 2 unspecified atom stereocenters. The van der Waals surface area contributed by atoms with Gasteiger partial charge in [-0.15, -0.1) is 0 Å². The summed E-state index contributed by atoms with van der Waals surface area (Å²) in [6, 6.07) is 8.01. The van der Waals surface area contributed by atoms with Crippen LogP contribution in [0.4, 0.5) is 0 Å². The van der Waals surface area contributed by atoms with Gasteiger partial charge in [0.05, 0.1) is 37.2 Å². The fraction of sp³-hybridized carbons (Fsp3) is 0.435. The maximum absolute atomic E-state index is 13.4. The van der Waals surface area contributed by atoms with Crippen LogP contribution in [0.25, 0.3) is 0 Å². The van der Waals surface area contributed by atoms with Crippen LogP contribution in [0.2, 0.25) is 0 Å². The second-order valence-corrected chi connectivity index (χ2v) is 8.70. The number of carbonyl (C=O) groups is 2. The number of aryl methyl sites for hydroxylation is 2. The van der Waals surface area contributed by atoms with E-state index in [-0.39, 0.29) is 17.9 Å². The lowest BCUT2D eigenvalue weighted by molar-refractivity contribution is -0.143. The normalized spacial score (nSPS) is 29.0. The third kappa shape index (κ3) is 2.88. The van der Waals surface area contributed by atoms with E-state index >= 15 is 0 Å². The van der Waals surface area contributed by atoms with E-state index in [0.717, 1.165) is 11.1 Å². The molecule has 30 heavy (non-hydrogen) atoms.